The van der Waals surface area contributed by atoms with Crippen molar-refractivity contribution in [2.75, 3.05) is 11.9 Å². The van der Waals surface area contributed by atoms with E-state index in [0.29, 0.717) is 17.8 Å². The minimum atomic E-state index is -0.182. The molecule has 7 nitrogen and oxygen atoms in total. The van der Waals surface area contributed by atoms with Crippen molar-refractivity contribution in [3.05, 3.63) is 36.2 Å². The number of hydrogen-bond acceptors (Lipinski definition) is 6. The third-order valence-electron chi connectivity index (χ3n) is 4.07. The van der Waals surface area contributed by atoms with Gasteiger partial charge in [0.2, 0.25) is 0 Å². The van der Waals surface area contributed by atoms with Gasteiger partial charge in [-0.1, -0.05) is 0 Å². The lowest BCUT2D eigenvalue weighted by atomic mass is 10.1. The molecule has 3 aromatic rings. The van der Waals surface area contributed by atoms with E-state index < -0.39 is 0 Å². The summed E-state index contributed by atoms with van der Waals surface area (Å²) in [6.45, 7) is 1.54. The molecule has 1 atom stereocenters. The van der Waals surface area contributed by atoms with E-state index in [1.165, 1.54) is 6.42 Å². The first-order valence-corrected chi connectivity index (χ1v) is 8.69. The van der Waals surface area contributed by atoms with Gasteiger partial charge in [-0.05, 0) is 37.5 Å². The van der Waals surface area contributed by atoms with Gasteiger partial charge in [0.1, 0.15) is 11.0 Å². The monoisotopic (exact) mass is 343 g/mol. The molecule has 1 saturated heterocycles. The van der Waals surface area contributed by atoms with E-state index in [1.54, 1.807) is 24.4 Å². The number of anilines is 1. The highest BCUT2D eigenvalue weighted by atomic mass is 32.1. The lowest BCUT2D eigenvalue weighted by Crippen LogP contribution is -2.24. The number of nitrogens with zero attached hydrogens (tertiary/aromatic N) is 4. The predicted octanol–water partition coefficient (Wildman–Crippen LogP) is 2.71. The molecule has 1 amide bonds. The SMILES string of the molecule is O=C(Nc1cnn(C[C@H]2CCCCO2)c1)c1ccc2nsnc2c1. The van der Waals surface area contributed by atoms with Crippen molar-refractivity contribution in [3.63, 3.8) is 0 Å². The van der Waals surface area contributed by atoms with Gasteiger partial charge < -0.3 is 10.1 Å². The standard InChI is InChI=1S/C16H17N5O2S/c22-16(11-4-5-14-15(7-11)20-24-19-14)18-12-8-17-21(9-12)10-13-3-1-2-6-23-13/h4-5,7-9,13H,1-3,6,10H2,(H,18,22)/t13-/m1/s1. The fraction of sp³-hybridized carbons (Fsp3) is 0.375. The molecular formula is C16H17N5O2S. The Morgan fingerprint density at radius 3 is 3.12 bits per heavy atom. The molecule has 3 heterocycles. The van der Waals surface area contributed by atoms with E-state index in [-0.39, 0.29) is 12.0 Å². The third kappa shape index (κ3) is 3.29. The first kappa shape index (κ1) is 15.2. The average molecular weight is 343 g/mol. The first-order chi connectivity index (χ1) is 11.8. The number of amides is 1. The zero-order valence-corrected chi connectivity index (χ0v) is 13.8. The Morgan fingerprint density at radius 2 is 2.25 bits per heavy atom. The number of benzene rings is 1. The Kier molecular flexibility index (Phi) is 4.22. The Bertz CT molecular complexity index is 853. The van der Waals surface area contributed by atoms with Gasteiger partial charge in [0.05, 0.1) is 36.3 Å². The summed E-state index contributed by atoms with van der Waals surface area (Å²) in [4.78, 5) is 12.4. The zero-order valence-electron chi connectivity index (χ0n) is 13.0. The predicted molar refractivity (Wildman–Crippen MR) is 91.2 cm³/mol. The number of fused-ring (bicyclic) bond motifs is 1. The Morgan fingerprint density at radius 1 is 1.33 bits per heavy atom. The average Bonchev–Trinajstić information content (AvgIpc) is 3.24. The lowest BCUT2D eigenvalue weighted by Gasteiger charge is -2.22. The summed E-state index contributed by atoms with van der Waals surface area (Å²) in [6.07, 6.45) is 7.09. The maximum Gasteiger partial charge on any atom is 0.255 e. The second-order valence-corrected chi connectivity index (χ2v) is 6.39. The number of carbonyl (C=O) groups excluding carboxylic acids is 1. The van der Waals surface area contributed by atoms with E-state index in [4.69, 9.17) is 4.74 Å². The molecule has 1 aliphatic heterocycles. The second kappa shape index (κ2) is 6.66. The van der Waals surface area contributed by atoms with E-state index in [9.17, 15) is 4.79 Å². The van der Waals surface area contributed by atoms with Crippen molar-refractivity contribution in [1.82, 2.24) is 18.5 Å². The van der Waals surface area contributed by atoms with Gasteiger partial charge >= 0.3 is 0 Å². The van der Waals surface area contributed by atoms with Crippen LogP contribution in [0, 0.1) is 0 Å². The molecule has 8 heteroatoms. The molecule has 0 unspecified atom stereocenters. The highest BCUT2D eigenvalue weighted by Gasteiger charge is 2.15. The largest absolute Gasteiger partial charge is 0.376 e. The molecule has 2 aromatic heterocycles. The summed E-state index contributed by atoms with van der Waals surface area (Å²) >= 11 is 1.14. The van der Waals surface area contributed by atoms with E-state index in [1.807, 2.05) is 10.9 Å². The number of ether oxygens (including phenoxy) is 1. The first-order valence-electron chi connectivity index (χ1n) is 7.96. The molecule has 4 rings (SSSR count). The Hall–Kier alpha value is -2.32. The highest BCUT2D eigenvalue weighted by molar-refractivity contribution is 7.00. The third-order valence-corrected chi connectivity index (χ3v) is 4.63. The molecule has 1 aromatic carbocycles. The quantitative estimate of drug-likeness (QED) is 0.787. The summed E-state index contributed by atoms with van der Waals surface area (Å²) < 4.78 is 15.8. The zero-order chi connectivity index (χ0) is 16.4. The number of carbonyl (C=O) groups is 1. The van der Waals surface area contributed by atoms with Crippen molar-refractivity contribution in [2.45, 2.75) is 31.9 Å². The Balaban J connectivity index is 1.41. The van der Waals surface area contributed by atoms with Crippen LogP contribution in [0.1, 0.15) is 29.6 Å². The summed E-state index contributed by atoms with van der Waals surface area (Å²) in [5.41, 5.74) is 2.76. The van der Waals surface area contributed by atoms with Gasteiger partial charge in [-0.3, -0.25) is 9.48 Å². The highest BCUT2D eigenvalue weighted by Crippen LogP contribution is 2.17. The van der Waals surface area contributed by atoms with Crippen LogP contribution in [-0.2, 0) is 11.3 Å². The van der Waals surface area contributed by atoms with Crippen LogP contribution in [-0.4, -0.2) is 37.1 Å². The molecule has 0 saturated carbocycles. The van der Waals surface area contributed by atoms with Crippen LogP contribution < -0.4 is 5.32 Å². The van der Waals surface area contributed by atoms with E-state index in [2.05, 4.69) is 19.2 Å². The van der Waals surface area contributed by atoms with Crippen LogP contribution in [0.25, 0.3) is 11.0 Å². The number of hydrogen-bond donors (Lipinski definition) is 1. The molecule has 0 spiro atoms. The van der Waals surface area contributed by atoms with E-state index in [0.717, 1.165) is 42.2 Å². The molecule has 124 valence electrons. The molecule has 0 aliphatic carbocycles. The van der Waals surface area contributed by atoms with Gasteiger partial charge in [0.25, 0.3) is 5.91 Å². The minimum Gasteiger partial charge on any atom is -0.376 e. The van der Waals surface area contributed by atoms with Gasteiger partial charge in [-0.25, -0.2) is 0 Å². The van der Waals surface area contributed by atoms with Gasteiger partial charge in [-0.2, -0.15) is 13.8 Å². The normalized spacial score (nSPS) is 17.9. The topological polar surface area (TPSA) is 81.9 Å². The number of rotatable bonds is 4. The van der Waals surface area contributed by atoms with E-state index >= 15 is 0 Å². The second-order valence-electron chi connectivity index (χ2n) is 5.86. The van der Waals surface area contributed by atoms with Crippen LogP contribution >= 0.6 is 11.7 Å². The van der Waals surface area contributed by atoms with Crippen molar-refractivity contribution < 1.29 is 9.53 Å². The molecule has 24 heavy (non-hydrogen) atoms. The van der Waals surface area contributed by atoms with Gasteiger partial charge in [0.15, 0.2) is 0 Å². The summed E-state index contributed by atoms with van der Waals surface area (Å²) in [5.74, 6) is -0.182. The van der Waals surface area contributed by atoms with Crippen LogP contribution in [0.2, 0.25) is 0 Å². The lowest BCUT2D eigenvalue weighted by molar-refractivity contribution is 0.00401. The molecule has 0 bridgehead atoms. The smallest absolute Gasteiger partial charge is 0.255 e. The van der Waals surface area contributed by atoms with Crippen molar-refractivity contribution in [3.8, 4) is 0 Å². The molecule has 1 aliphatic rings. The molecule has 1 fully saturated rings. The van der Waals surface area contributed by atoms with Crippen LogP contribution in [0.3, 0.4) is 0 Å². The molecular weight excluding hydrogens is 326 g/mol. The number of aromatic nitrogens is 4. The Labute approximate surface area is 143 Å². The maximum absolute atomic E-state index is 12.4. The fourth-order valence-electron chi connectivity index (χ4n) is 2.81. The van der Waals surface area contributed by atoms with Crippen molar-refractivity contribution in [2.24, 2.45) is 0 Å². The molecule has 0 radical (unpaired) electrons. The van der Waals surface area contributed by atoms with Crippen LogP contribution in [0.4, 0.5) is 5.69 Å². The van der Waals surface area contributed by atoms with Gasteiger partial charge in [-0.15, -0.1) is 0 Å². The number of nitrogens with one attached hydrogen (secondary N) is 1. The summed E-state index contributed by atoms with van der Waals surface area (Å²) in [7, 11) is 0. The van der Waals surface area contributed by atoms with Crippen molar-refractivity contribution >= 4 is 34.4 Å². The summed E-state index contributed by atoms with van der Waals surface area (Å²) in [6, 6.07) is 5.30. The van der Waals surface area contributed by atoms with Crippen LogP contribution in [0.5, 0.6) is 0 Å². The summed E-state index contributed by atoms with van der Waals surface area (Å²) in [5, 5.41) is 7.16. The van der Waals surface area contributed by atoms with Crippen molar-refractivity contribution in [1.29, 1.82) is 0 Å². The fourth-order valence-corrected chi connectivity index (χ4v) is 3.33. The van der Waals surface area contributed by atoms with Gasteiger partial charge in [0, 0.05) is 18.4 Å². The minimum absolute atomic E-state index is 0.182. The maximum atomic E-state index is 12.4. The van der Waals surface area contributed by atoms with Crippen LogP contribution in [0.15, 0.2) is 30.6 Å². The molecule has 1 N–H and O–H groups in total.